The highest BCUT2D eigenvalue weighted by atomic mass is 16.6. The maximum absolute atomic E-state index is 8.89. The molecule has 0 bridgehead atoms. The predicted molar refractivity (Wildman–Crippen MR) is 69.8 cm³/mol. The molecule has 0 aliphatic heterocycles. The minimum atomic E-state index is -0.119. The van der Waals surface area contributed by atoms with Gasteiger partial charge >= 0.3 is 0 Å². The molecule has 1 aromatic carbocycles. The van der Waals surface area contributed by atoms with Gasteiger partial charge in [0.05, 0.1) is 0 Å². The van der Waals surface area contributed by atoms with Crippen LogP contribution in [-0.4, -0.2) is 5.11 Å². The fourth-order valence-electron chi connectivity index (χ4n) is 1.64. The second-order valence-corrected chi connectivity index (χ2v) is 5.26. The summed E-state index contributed by atoms with van der Waals surface area (Å²) in [6, 6.07) is 11.3. The van der Waals surface area contributed by atoms with Crippen LogP contribution in [-0.2, 0) is 12.0 Å². The van der Waals surface area contributed by atoms with Crippen molar-refractivity contribution < 1.29 is 14.3 Å². The van der Waals surface area contributed by atoms with E-state index in [1.54, 1.807) is 12.1 Å². The van der Waals surface area contributed by atoms with Crippen LogP contribution < -0.4 is 4.74 Å². The number of hydrogen-bond donors (Lipinski definition) is 1. The third-order valence-corrected chi connectivity index (χ3v) is 2.73. The first-order valence-corrected chi connectivity index (χ1v) is 5.97. The first kappa shape index (κ1) is 12.7. The molecule has 18 heavy (non-hydrogen) atoms. The van der Waals surface area contributed by atoms with Gasteiger partial charge < -0.3 is 14.3 Å². The summed E-state index contributed by atoms with van der Waals surface area (Å²) >= 11 is 0. The fraction of sp³-hybridized carbons (Fsp3) is 0.333. The van der Waals surface area contributed by atoms with Crippen molar-refractivity contribution in [2.75, 3.05) is 0 Å². The van der Waals surface area contributed by atoms with Gasteiger partial charge in [-0.2, -0.15) is 0 Å². The number of aliphatic hydroxyl groups is 1. The number of benzene rings is 1. The molecule has 0 radical (unpaired) electrons. The molecule has 2 rings (SSSR count). The zero-order chi connectivity index (χ0) is 13.2. The van der Waals surface area contributed by atoms with Crippen LogP contribution in [0.3, 0.4) is 0 Å². The summed E-state index contributed by atoms with van der Waals surface area (Å²) in [7, 11) is 0. The lowest BCUT2D eigenvalue weighted by Crippen LogP contribution is -2.10. The van der Waals surface area contributed by atoms with Crippen LogP contribution in [0.25, 0.3) is 0 Å². The van der Waals surface area contributed by atoms with E-state index in [0.717, 1.165) is 5.75 Å². The van der Waals surface area contributed by atoms with E-state index in [1.165, 1.54) is 5.56 Å². The minimum Gasteiger partial charge on any atom is -0.428 e. The van der Waals surface area contributed by atoms with Crippen molar-refractivity contribution in [1.82, 2.24) is 0 Å². The number of hydrogen-bond acceptors (Lipinski definition) is 3. The Hall–Kier alpha value is -1.74. The molecular weight excluding hydrogens is 228 g/mol. The van der Waals surface area contributed by atoms with Crippen LogP contribution in [0.1, 0.15) is 32.1 Å². The molecule has 1 N–H and O–H groups in total. The summed E-state index contributed by atoms with van der Waals surface area (Å²) in [4.78, 5) is 0. The Morgan fingerprint density at radius 3 is 2.22 bits per heavy atom. The summed E-state index contributed by atoms with van der Waals surface area (Å²) in [6.45, 7) is 6.39. The van der Waals surface area contributed by atoms with E-state index in [9.17, 15) is 0 Å². The Kier molecular flexibility index (Phi) is 3.43. The van der Waals surface area contributed by atoms with Gasteiger partial charge in [0.2, 0.25) is 0 Å². The second kappa shape index (κ2) is 4.86. The SMILES string of the molecule is CC(C)(C)c1ccc(Oc2ccc(CO)o2)cc1. The molecule has 3 nitrogen and oxygen atoms in total. The lowest BCUT2D eigenvalue weighted by Gasteiger charge is -2.18. The molecule has 0 saturated heterocycles. The first-order valence-electron chi connectivity index (χ1n) is 5.97. The van der Waals surface area contributed by atoms with Crippen LogP contribution in [0, 0.1) is 0 Å². The second-order valence-electron chi connectivity index (χ2n) is 5.26. The van der Waals surface area contributed by atoms with Gasteiger partial charge in [-0.25, -0.2) is 0 Å². The Morgan fingerprint density at radius 2 is 1.72 bits per heavy atom. The molecule has 0 spiro atoms. The highest BCUT2D eigenvalue weighted by molar-refractivity contribution is 5.33. The number of rotatable bonds is 3. The van der Waals surface area contributed by atoms with Crippen molar-refractivity contribution in [1.29, 1.82) is 0 Å². The van der Waals surface area contributed by atoms with Crippen LogP contribution in [0.5, 0.6) is 11.7 Å². The molecule has 1 aromatic heterocycles. The monoisotopic (exact) mass is 246 g/mol. The van der Waals surface area contributed by atoms with Gasteiger partial charge in [-0.15, -0.1) is 0 Å². The molecular formula is C15H18O3. The van der Waals surface area contributed by atoms with Crippen molar-refractivity contribution in [3.8, 4) is 11.7 Å². The molecule has 0 aliphatic carbocycles. The van der Waals surface area contributed by atoms with E-state index < -0.39 is 0 Å². The van der Waals surface area contributed by atoms with Crippen molar-refractivity contribution in [2.45, 2.75) is 32.8 Å². The zero-order valence-corrected chi connectivity index (χ0v) is 10.9. The third-order valence-electron chi connectivity index (χ3n) is 2.73. The van der Waals surface area contributed by atoms with E-state index in [-0.39, 0.29) is 12.0 Å². The highest BCUT2D eigenvalue weighted by Crippen LogP contribution is 2.27. The average molecular weight is 246 g/mol. The van der Waals surface area contributed by atoms with Crippen LogP contribution in [0.15, 0.2) is 40.8 Å². The van der Waals surface area contributed by atoms with E-state index >= 15 is 0 Å². The molecule has 0 fully saturated rings. The molecule has 0 saturated carbocycles. The van der Waals surface area contributed by atoms with Gasteiger partial charge in [-0.1, -0.05) is 32.9 Å². The number of aliphatic hydroxyl groups excluding tert-OH is 1. The summed E-state index contributed by atoms with van der Waals surface area (Å²) < 4.78 is 10.8. The molecule has 0 atom stereocenters. The van der Waals surface area contributed by atoms with Gasteiger partial charge in [0.15, 0.2) is 0 Å². The van der Waals surface area contributed by atoms with Crippen LogP contribution in [0.4, 0.5) is 0 Å². The Balaban J connectivity index is 2.11. The third kappa shape index (κ3) is 2.93. The van der Waals surface area contributed by atoms with Crippen LogP contribution >= 0.6 is 0 Å². The quantitative estimate of drug-likeness (QED) is 0.894. The van der Waals surface area contributed by atoms with Crippen molar-refractivity contribution >= 4 is 0 Å². The molecule has 1 heterocycles. The Labute approximate surface area is 107 Å². The number of furan rings is 1. The maximum Gasteiger partial charge on any atom is 0.290 e. The fourth-order valence-corrected chi connectivity index (χ4v) is 1.64. The van der Waals surface area contributed by atoms with E-state index in [4.69, 9.17) is 14.3 Å². The van der Waals surface area contributed by atoms with Gasteiger partial charge in [0.1, 0.15) is 18.1 Å². The molecule has 2 aromatic rings. The highest BCUT2D eigenvalue weighted by Gasteiger charge is 2.13. The van der Waals surface area contributed by atoms with E-state index in [1.807, 2.05) is 24.3 Å². The lowest BCUT2D eigenvalue weighted by molar-refractivity contribution is 0.231. The van der Waals surface area contributed by atoms with Crippen molar-refractivity contribution in [3.05, 3.63) is 47.7 Å². The summed E-state index contributed by atoms with van der Waals surface area (Å²) in [5.74, 6) is 1.61. The van der Waals surface area contributed by atoms with Gasteiger partial charge in [0, 0.05) is 6.07 Å². The van der Waals surface area contributed by atoms with Crippen LogP contribution in [0.2, 0.25) is 0 Å². The average Bonchev–Trinajstić information content (AvgIpc) is 2.76. The minimum absolute atomic E-state index is 0.119. The standard InChI is InChI=1S/C15H18O3/c1-15(2,3)11-4-6-12(7-5-11)17-14-9-8-13(10-16)18-14/h4-9,16H,10H2,1-3H3. The molecule has 0 aliphatic rings. The number of ether oxygens (including phenoxy) is 1. The molecule has 0 unspecified atom stereocenters. The van der Waals surface area contributed by atoms with Gasteiger partial charge in [-0.3, -0.25) is 0 Å². The molecule has 3 heteroatoms. The maximum atomic E-state index is 8.89. The molecule has 96 valence electrons. The summed E-state index contributed by atoms with van der Waals surface area (Å²) in [5.41, 5.74) is 1.39. The normalized spacial score (nSPS) is 11.6. The van der Waals surface area contributed by atoms with Gasteiger partial charge in [-0.05, 0) is 29.2 Å². The Bertz CT molecular complexity index is 503. The van der Waals surface area contributed by atoms with E-state index in [2.05, 4.69) is 20.8 Å². The van der Waals surface area contributed by atoms with Gasteiger partial charge in [0.25, 0.3) is 5.95 Å². The molecule has 0 amide bonds. The first-order chi connectivity index (χ1) is 8.49. The topological polar surface area (TPSA) is 42.6 Å². The van der Waals surface area contributed by atoms with Crippen molar-refractivity contribution in [3.63, 3.8) is 0 Å². The lowest BCUT2D eigenvalue weighted by atomic mass is 9.87. The largest absolute Gasteiger partial charge is 0.428 e. The zero-order valence-electron chi connectivity index (χ0n) is 10.9. The predicted octanol–water partition coefficient (Wildman–Crippen LogP) is 3.86. The van der Waals surface area contributed by atoms with Crippen molar-refractivity contribution in [2.24, 2.45) is 0 Å². The summed E-state index contributed by atoms with van der Waals surface area (Å²) in [5, 5.41) is 8.89. The van der Waals surface area contributed by atoms with E-state index in [0.29, 0.717) is 11.7 Å². The smallest absolute Gasteiger partial charge is 0.290 e. The Morgan fingerprint density at radius 1 is 1.06 bits per heavy atom. The summed E-state index contributed by atoms with van der Waals surface area (Å²) in [6.07, 6.45) is 0.